The lowest BCUT2D eigenvalue weighted by Crippen LogP contribution is -2.69. The first-order valence-electron chi connectivity index (χ1n) is 12.8. The van der Waals surface area contributed by atoms with Gasteiger partial charge in [-0.05, 0) is 84.9 Å². The lowest BCUT2D eigenvalue weighted by atomic mass is 10.1. The molecule has 0 spiro atoms. The molecule has 0 aliphatic carbocycles. The van der Waals surface area contributed by atoms with Crippen LogP contribution in [-0.4, -0.2) is 72.0 Å². The van der Waals surface area contributed by atoms with E-state index in [1.165, 1.54) is 20.0 Å². The smallest absolute Gasteiger partial charge is 0.455 e. The highest BCUT2D eigenvalue weighted by Crippen LogP contribution is 2.49. The highest BCUT2D eigenvalue weighted by Gasteiger charge is 2.72. The van der Waals surface area contributed by atoms with E-state index in [0.717, 1.165) is 0 Å². The highest BCUT2D eigenvalue weighted by atomic mass is 28.5. The van der Waals surface area contributed by atoms with Crippen LogP contribution in [0.2, 0.25) is 71.5 Å². The van der Waals surface area contributed by atoms with E-state index in [1.807, 2.05) is 19.6 Å². The number of carbonyl (C=O) groups excluding carboxylic acids is 1. The van der Waals surface area contributed by atoms with Crippen molar-refractivity contribution in [3.63, 3.8) is 0 Å². The Bertz CT molecular complexity index is 889. The van der Waals surface area contributed by atoms with Gasteiger partial charge < -0.3 is 21.2 Å². The molecule has 0 aromatic carbocycles. The Labute approximate surface area is 238 Å². The Kier molecular flexibility index (Phi) is 13.0. The maximum absolute atomic E-state index is 14.2. The first kappa shape index (κ1) is 39.6. The molecule has 0 amide bonds. The van der Waals surface area contributed by atoms with Gasteiger partial charge in [0.15, 0.2) is 30.7 Å². The van der Waals surface area contributed by atoms with Gasteiger partial charge in [0.1, 0.15) is 0 Å². The zero-order valence-corrected chi connectivity index (χ0v) is 30.5. The van der Waals surface area contributed by atoms with E-state index in [1.54, 1.807) is 39.7 Å². The molecule has 0 rings (SSSR count). The van der Waals surface area contributed by atoms with Crippen LogP contribution in [0.4, 0.5) is 30.7 Å². The monoisotopic (exact) mass is 678 g/mol. The van der Waals surface area contributed by atoms with Crippen LogP contribution in [0.5, 0.6) is 0 Å². The summed E-state index contributed by atoms with van der Waals surface area (Å²) >= 11 is 0. The number of alkyl halides is 7. The van der Waals surface area contributed by atoms with E-state index in [4.69, 9.17) is 21.2 Å². The van der Waals surface area contributed by atoms with E-state index in [2.05, 4.69) is 6.58 Å². The van der Waals surface area contributed by atoms with Gasteiger partial charge in [0.2, 0.25) is 0 Å². The summed E-state index contributed by atoms with van der Waals surface area (Å²) < 4.78 is 125. The summed E-state index contributed by atoms with van der Waals surface area (Å²) in [6.45, 7) is 24.1. The fraction of sp³-hybridized carbons (Fsp3) is 0.864. The molecule has 0 saturated carbocycles. The number of hydrogen-bond acceptors (Lipinski definition) is 6. The minimum absolute atomic E-state index is 0.0646. The van der Waals surface area contributed by atoms with Crippen molar-refractivity contribution in [2.24, 2.45) is 0 Å². The normalized spacial score (nSPS) is 16.9. The Morgan fingerprint density at radius 3 is 1.57 bits per heavy atom. The minimum Gasteiger partial charge on any atom is -0.455 e. The summed E-state index contributed by atoms with van der Waals surface area (Å²) in [5.74, 6) is -12.4. The molecule has 238 valence electrons. The van der Waals surface area contributed by atoms with Crippen LogP contribution in [0.15, 0.2) is 12.2 Å². The number of carbonyl (C=O) groups is 1. The van der Waals surface area contributed by atoms with Crippen LogP contribution in [0, 0.1) is 0 Å². The molecule has 0 aliphatic rings. The van der Waals surface area contributed by atoms with Crippen LogP contribution < -0.4 is 0 Å². The van der Waals surface area contributed by atoms with Gasteiger partial charge in [0.05, 0.1) is 0 Å². The van der Waals surface area contributed by atoms with E-state index < -0.39 is 84.5 Å². The topological polar surface area (TPSA) is 63.2 Å². The quantitative estimate of drug-likeness (QED) is 0.0710. The van der Waals surface area contributed by atoms with Crippen LogP contribution in [0.1, 0.15) is 26.7 Å². The summed E-state index contributed by atoms with van der Waals surface area (Å²) in [5, 5.41) is 0. The van der Waals surface area contributed by atoms with Gasteiger partial charge in [-0.15, -0.1) is 0 Å². The highest BCUT2D eigenvalue weighted by molar-refractivity contribution is 6.91. The van der Waals surface area contributed by atoms with Crippen molar-refractivity contribution >= 4 is 48.3 Å². The van der Waals surface area contributed by atoms with E-state index in [-0.39, 0.29) is 12.0 Å². The molecular formula is C22H45F7O6Si5. The van der Waals surface area contributed by atoms with Crippen LogP contribution in [0.25, 0.3) is 0 Å². The molecule has 0 fully saturated rings. The SMILES string of the molecule is C=C(C)C(=O)OC(CC)[Si](O[Si](C)(C)C)(O[Si](C)(C)CCC(F)(F)C(F)(F)C(F)(F)F)O[Si](C)(C)O[Si](C)(C)C. The van der Waals surface area contributed by atoms with E-state index >= 15 is 0 Å². The molecule has 0 aromatic rings. The van der Waals surface area contributed by atoms with Gasteiger partial charge in [-0.3, -0.25) is 0 Å². The van der Waals surface area contributed by atoms with Crippen molar-refractivity contribution in [1.82, 2.24) is 0 Å². The number of halogens is 7. The predicted octanol–water partition coefficient (Wildman–Crippen LogP) is 8.23. The van der Waals surface area contributed by atoms with Gasteiger partial charge in [-0.2, -0.15) is 30.7 Å². The van der Waals surface area contributed by atoms with Crippen molar-refractivity contribution in [3.8, 4) is 0 Å². The molecule has 18 heteroatoms. The minimum atomic E-state index is -6.43. The Hall–Kier alpha value is -0.356. The molecule has 0 N–H and O–H groups in total. The summed E-state index contributed by atoms with van der Waals surface area (Å²) in [5.41, 5.74) is -1.08. The summed E-state index contributed by atoms with van der Waals surface area (Å²) in [6, 6.07) is -0.791. The van der Waals surface area contributed by atoms with Crippen molar-refractivity contribution in [2.75, 3.05) is 0 Å². The average Bonchev–Trinajstić information content (AvgIpc) is 2.65. The van der Waals surface area contributed by atoms with Crippen molar-refractivity contribution in [1.29, 1.82) is 0 Å². The first-order chi connectivity index (χ1) is 17.3. The second kappa shape index (κ2) is 13.1. The van der Waals surface area contributed by atoms with Crippen LogP contribution in [0.3, 0.4) is 0 Å². The summed E-state index contributed by atoms with van der Waals surface area (Å²) in [7, 11) is -15.9. The van der Waals surface area contributed by atoms with Gasteiger partial charge in [-0.1, -0.05) is 13.5 Å². The first-order valence-corrected chi connectivity index (χ1v) is 27.4. The molecule has 6 nitrogen and oxygen atoms in total. The van der Waals surface area contributed by atoms with E-state index in [9.17, 15) is 35.5 Å². The number of ether oxygens (including phenoxy) is 1. The molecular weight excluding hydrogens is 634 g/mol. The fourth-order valence-corrected chi connectivity index (χ4v) is 24.6. The Balaban J connectivity index is 6.83. The average molecular weight is 679 g/mol. The number of esters is 1. The number of rotatable bonds is 16. The van der Waals surface area contributed by atoms with Crippen molar-refractivity contribution < 1.29 is 56.7 Å². The molecule has 0 saturated heterocycles. The molecule has 0 heterocycles. The van der Waals surface area contributed by atoms with Gasteiger partial charge in [0.25, 0.3) is 0 Å². The fourth-order valence-electron chi connectivity index (χ4n) is 3.68. The molecule has 2 unspecified atom stereocenters. The Morgan fingerprint density at radius 1 is 0.775 bits per heavy atom. The van der Waals surface area contributed by atoms with Gasteiger partial charge in [-0.25, -0.2) is 4.79 Å². The zero-order valence-electron chi connectivity index (χ0n) is 25.5. The third-order valence-corrected chi connectivity index (χ3v) is 22.3. The maximum atomic E-state index is 14.2. The molecule has 2 atom stereocenters. The molecule has 40 heavy (non-hydrogen) atoms. The second-order valence-corrected chi connectivity index (χ2v) is 33.1. The molecule has 0 radical (unpaired) electrons. The molecule has 0 bridgehead atoms. The van der Waals surface area contributed by atoms with Crippen LogP contribution >= 0.6 is 0 Å². The van der Waals surface area contributed by atoms with Crippen molar-refractivity contribution in [3.05, 3.63) is 12.2 Å². The molecule has 0 aliphatic heterocycles. The lowest BCUT2D eigenvalue weighted by molar-refractivity contribution is -0.354. The third kappa shape index (κ3) is 12.1. The van der Waals surface area contributed by atoms with Crippen LogP contribution in [-0.2, 0) is 26.0 Å². The Morgan fingerprint density at radius 2 is 1.23 bits per heavy atom. The standard InChI is InChI=1S/C22H45F7O6Si5/c1-14-18(31-19(30)17(2)3)40(33-37(7,8)9,35-39(12,13)32-36(4,5)6)34-38(10,11)16-15-20(23,24)21(25,26)22(27,28)29/h18H,2,14-16H2,1,3-13H3. The van der Waals surface area contributed by atoms with E-state index in [0.29, 0.717) is 0 Å². The number of hydrogen-bond donors (Lipinski definition) is 0. The summed E-state index contributed by atoms with van der Waals surface area (Å²) in [4.78, 5) is 12.6. The second-order valence-electron chi connectivity index (χ2n) is 12.8. The third-order valence-electron chi connectivity index (χ3n) is 5.03. The maximum Gasteiger partial charge on any atom is 0.514 e. The molecule has 0 aromatic heterocycles. The summed E-state index contributed by atoms with van der Waals surface area (Å²) in [6.07, 6.45) is -8.11. The lowest BCUT2D eigenvalue weighted by Gasteiger charge is -2.47. The largest absolute Gasteiger partial charge is 0.514 e. The van der Waals surface area contributed by atoms with Gasteiger partial charge in [0, 0.05) is 12.0 Å². The predicted molar refractivity (Wildman–Crippen MR) is 152 cm³/mol. The van der Waals surface area contributed by atoms with Gasteiger partial charge >= 0.3 is 41.4 Å². The van der Waals surface area contributed by atoms with Crippen molar-refractivity contribution in [2.45, 2.75) is 122 Å². The zero-order chi connectivity index (χ0) is 32.4.